The zero-order valence-corrected chi connectivity index (χ0v) is 18.2. The molecule has 0 radical (unpaired) electrons. The number of carboxylic acids is 1. The van der Waals surface area contributed by atoms with Crippen molar-refractivity contribution in [3.8, 4) is 22.2 Å². The van der Waals surface area contributed by atoms with E-state index in [1.54, 1.807) is 28.3 Å². The number of fused-ring (bicyclic) bond motifs is 1. The first-order valence-electron chi connectivity index (χ1n) is 9.96. The predicted molar refractivity (Wildman–Crippen MR) is 120 cm³/mol. The molecule has 1 aromatic carbocycles. The fourth-order valence-electron chi connectivity index (χ4n) is 3.17. The predicted octanol–water partition coefficient (Wildman–Crippen LogP) is 4.71. The highest BCUT2D eigenvalue weighted by Gasteiger charge is 2.08. The highest BCUT2D eigenvalue weighted by atomic mass is 32.1. The molecule has 8 heteroatoms. The maximum absolute atomic E-state index is 10.9. The number of hydrogen-bond donors (Lipinski definition) is 1. The van der Waals surface area contributed by atoms with Crippen LogP contribution in [0.1, 0.15) is 17.0 Å². The van der Waals surface area contributed by atoms with Crippen LogP contribution >= 0.6 is 11.3 Å². The third-order valence-corrected chi connectivity index (χ3v) is 5.99. The van der Waals surface area contributed by atoms with Crippen LogP contribution in [0.15, 0.2) is 48.8 Å². The fraction of sp³-hybridized carbons (Fsp3) is 0.261. The number of hydrogen-bond acceptors (Lipinski definition) is 6. The maximum atomic E-state index is 10.9. The zero-order valence-electron chi connectivity index (χ0n) is 17.4. The highest BCUT2D eigenvalue weighted by Crippen LogP contribution is 2.27. The Kier molecular flexibility index (Phi) is 6.18. The number of carbonyl (C=O) groups is 1. The second kappa shape index (κ2) is 9.18. The molecule has 0 bridgehead atoms. The molecular weight excluding hydrogens is 414 g/mol. The third kappa shape index (κ3) is 5.03. The largest absolute Gasteiger partial charge is 0.493 e. The van der Waals surface area contributed by atoms with E-state index in [2.05, 4.69) is 16.9 Å². The molecule has 0 aliphatic heterocycles. The number of pyridine rings is 1. The SMILES string of the molecule is Cc1nc(-c2ccc(OCCCOc3ccc4c(ccn4CC(=O)O)c3)nc2)sc1C. The van der Waals surface area contributed by atoms with Gasteiger partial charge in [-0.1, -0.05) is 0 Å². The van der Waals surface area contributed by atoms with Gasteiger partial charge in [-0.05, 0) is 44.2 Å². The normalized spacial score (nSPS) is 11.0. The first kappa shape index (κ1) is 20.9. The van der Waals surface area contributed by atoms with Crippen molar-refractivity contribution in [1.29, 1.82) is 0 Å². The van der Waals surface area contributed by atoms with Gasteiger partial charge in [0.15, 0.2) is 0 Å². The summed E-state index contributed by atoms with van der Waals surface area (Å²) in [5, 5.41) is 10.9. The van der Waals surface area contributed by atoms with E-state index < -0.39 is 5.97 Å². The van der Waals surface area contributed by atoms with Gasteiger partial charge >= 0.3 is 5.97 Å². The molecule has 0 spiro atoms. The molecule has 7 nitrogen and oxygen atoms in total. The summed E-state index contributed by atoms with van der Waals surface area (Å²) in [6.45, 7) is 5.03. The summed E-state index contributed by atoms with van der Waals surface area (Å²) < 4.78 is 13.2. The molecule has 0 saturated heterocycles. The van der Waals surface area contributed by atoms with Crippen LogP contribution in [0.5, 0.6) is 11.6 Å². The summed E-state index contributed by atoms with van der Waals surface area (Å²) in [6, 6.07) is 11.4. The van der Waals surface area contributed by atoms with Crippen LogP contribution in [0.4, 0.5) is 0 Å². The zero-order chi connectivity index (χ0) is 21.8. The van der Waals surface area contributed by atoms with Crippen molar-refractivity contribution < 1.29 is 19.4 Å². The summed E-state index contributed by atoms with van der Waals surface area (Å²) in [7, 11) is 0. The highest BCUT2D eigenvalue weighted by molar-refractivity contribution is 7.15. The number of nitrogens with zero attached hydrogens (tertiary/aromatic N) is 3. The minimum Gasteiger partial charge on any atom is -0.493 e. The van der Waals surface area contributed by atoms with Gasteiger partial charge in [-0.3, -0.25) is 4.79 Å². The second-order valence-corrected chi connectivity index (χ2v) is 8.36. The quantitative estimate of drug-likeness (QED) is 0.382. The van der Waals surface area contributed by atoms with Crippen LogP contribution < -0.4 is 9.47 Å². The Bertz CT molecular complexity index is 1180. The summed E-state index contributed by atoms with van der Waals surface area (Å²) in [4.78, 5) is 21.0. The van der Waals surface area contributed by atoms with Gasteiger partial charge in [0.1, 0.15) is 17.3 Å². The lowest BCUT2D eigenvalue weighted by molar-refractivity contribution is -0.137. The van der Waals surface area contributed by atoms with E-state index in [1.807, 2.05) is 43.3 Å². The molecular formula is C23H23N3O4S. The maximum Gasteiger partial charge on any atom is 0.323 e. The van der Waals surface area contributed by atoms with Gasteiger partial charge in [-0.25, -0.2) is 9.97 Å². The smallest absolute Gasteiger partial charge is 0.323 e. The van der Waals surface area contributed by atoms with Crippen molar-refractivity contribution in [2.45, 2.75) is 26.8 Å². The molecule has 0 aliphatic rings. The van der Waals surface area contributed by atoms with Crippen molar-refractivity contribution in [2.75, 3.05) is 13.2 Å². The van der Waals surface area contributed by atoms with Gasteiger partial charge in [0.05, 0.1) is 18.9 Å². The molecule has 160 valence electrons. The third-order valence-electron chi connectivity index (χ3n) is 4.87. The van der Waals surface area contributed by atoms with Crippen LogP contribution in [-0.4, -0.2) is 38.8 Å². The number of thiazole rings is 1. The van der Waals surface area contributed by atoms with Crippen molar-refractivity contribution in [1.82, 2.24) is 14.5 Å². The minimum atomic E-state index is -0.865. The van der Waals surface area contributed by atoms with E-state index in [0.717, 1.165) is 32.9 Å². The Morgan fingerprint density at radius 1 is 1.13 bits per heavy atom. The lowest BCUT2D eigenvalue weighted by Gasteiger charge is -2.08. The first-order chi connectivity index (χ1) is 15.0. The molecule has 31 heavy (non-hydrogen) atoms. The van der Waals surface area contributed by atoms with Gasteiger partial charge in [0.2, 0.25) is 5.88 Å². The molecule has 0 amide bonds. The van der Waals surface area contributed by atoms with Crippen LogP contribution in [0.3, 0.4) is 0 Å². The van der Waals surface area contributed by atoms with Crippen molar-refractivity contribution in [3.63, 3.8) is 0 Å². The molecule has 4 aromatic rings. The Morgan fingerprint density at radius 3 is 2.68 bits per heavy atom. The van der Waals surface area contributed by atoms with E-state index in [-0.39, 0.29) is 6.54 Å². The number of rotatable bonds is 9. The van der Waals surface area contributed by atoms with E-state index in [0.29, 0.717) is 25.5 Å². The number of ether oxygens (including phenoxy) is 2. The van der Waals surface area contributed by atoms with Crippen molar-refractivity contribution >= 4 is 28.2 Å². The Hall–Kier alpha value is -3.39. The monoisotopic (exact) mass is 437 g/mol. The lowest BCUT2D eigenvalue weighted by atomic mass is 10.2. The van der Waals surface area contributed by atoms with Crippen LogP contribution in [0.25, 0.3) is 21.5 Å². The minimum absolute atomic E-state index is 0.0564. The molecule has 3 aromatic heterocycles. The summed E-state index contributed by atoms with van der Waals surface area (Å²) in [5.41, 5.74) is 2.91. The number of benzene rings is 1. The summed E-state index contributed by atoms with van der Waals surface area (Å²) >= 11 is 1.66. The van der Waals surface area contributed by atoms with Gasteiger partial charge in [-0.15, -0.1) is 11.3 Å². The van der Waals surface area contributed by atoms with E-state index >= 15 is 0 Å². The van der Waals surface area contributed by atoms with Crippen molar-refractivity contribution in [3.05, 3.63) is 59.4 Å². The molecule has 4 rings (SSSR count). The average molecular weight is 438 g/mol. The molecule has 3 heterocycles. The van der Waals surface area contributed by atoms with Gasteiger partial charge in [0, 0.05) is 46.2 Å². The van der Waals surface area contributed by atoms with Crippen LogP contribution in [-0.2, 0) is 11.3 Å². The van der Waals surface area contributed by atoms with E-state index in [1.165, 1.54) is 4.88 Å². The number of aromatic nitrogens is 3. The van der Waals surface area contributed by atoms with Crippen molar-refractivity contribution in [2.24, 2.45) is 0 Å². The first-order valence-corrected chi connectivity index (χ1v) is 10.8. The van der Waals surface area contributed by atoms with Gasteiger partial charge in [0.25, 0.3) is 0 Å². The van der Waals surface area contributed by atoms with Crippen LogP contribution in [0, 0.1) is 13.8 Å². The molecule has 0 saturated carbocycles. The molecule has 0 atom stereocenters. The Balaban J connectivity index is 1.24. The fourth-order valence-corrected chi connectivity index (χ4v) is 4.07. The Labute approximate surface area is 183 Å². The second-order valence-electron chi connectivity index (χ2n) is 7.15. The van der Waals surface area contributed by atoms with Gasteiger partial charge < -0.3 is 19.1 Å². The van der Waals surface area contributed by atoms with E-state index in [4.69, 9.17) is 14.6 Å². The topological polar surface area (TPSA) is 86.5 Å². The number of aliphatic carboxylic acids is 1. The van der Waals surface area contributed by atoms with Gasteiger partial charge in [-0.2, -0.15) is 0 Å². The Morgan fingerprint density at radius 2 is 1.97 bits per heavy atom. The number of aryl methyl sites for hydroxylation is 2. The standard InChI is InChI=1S/C23H23N3O4S/c1-15-16(2)31-23(25-15)18-4-7-21(24-13-18)30-11-3-10-29-19-5-6-20-17(12-19)8-9-26(20)14-22(27)28/h4-9,12-13H,3,10-11,14H2,1-2H3,(H,27,28). The van der Waals surface area contributed by atoms with Crippen LogP contribution in [0.2, 0.25) is 0 Å². The molecule has 0 aliphatic carbocycles. The number of carboxylic acid groups (broad SMARTS) is 1. The van der Waals surface area contributed by atoms with E-state index in [9.17, 15) is 4.79 Å². The summed E-state index contributed by atoms with van der Waals surface area (Å²) in [5.74, 6) is 0.461. The summed E-state index contributed by atoms with van der Waals surface area (Å²) in [6.07, 6.45) is 4.27. The lowest BCUT2D eigenvalue weighted by Crippen LogP contribution is -2.07. The average Bonchev–Trinajstić information content (AvgIpc) is 3.30. The molecule has 0 fully saturated rings. The molecule has 0 unspecified atom stereocenters. The molecule has 1 N–H and O–H groups in total.